The van der Waals surface area contributed by atoms with E-state index in [-0.39, 0.29) is 5.91 Å². The average molecular weight is 486 g/mol. The van der Waals surface area contributed by atoms with Crippen molar-refractivity contribution in [1.82, 2.24) is 15.3 Å². The van der Waals surface area contributed by atoms with E-state index in [1.807, 2.05) is 48.5 Å². The highest BCUT2D eigenvalue weighted by Gasteiger charge is 2.13. The molecule has 2 aromatic carbocycles. The lowest BCUT2D eigenvalue weighted by atomic mass is 10.0. The molecule has 2 N–H and O–H groups in total. The summed E-state index contributed by atoms with van der Waals surface area (Å²) < 4.78 is 5.23. The Morgan fingerprint density at radius 3 is 2.74 bits per heavy atom. The minimum absolute atomic E-state index is 0.0746. The molecule has 4 rings (SSSR count). The first-order valence-corrected chi connectivity index (χ1v) is 11.5. The molecule has 35 heavy (non-hydrogen) atoms. The summed E-state index contributed by atoms with van der Waals surface area (Å²) in [6.45, 7) is 0.878. The Hall–Kier alpha value is -4.15. The first-order chi connectivity index (χ1) is 17.1. The first-order valence-electron chi connectivity index (χ1n) is 11.1. The number of nitrogens with one attached hydrogen (secondary N) is 2. The molecule has 7 nitrogen and oxygen atoms in total. The van der Waals surface area contributed by atoms with Gasteiger partial charge in [-0.1, -0.05) is 23.7 Å². The molecule has 0 unspecified atom stereocenters. The van der Waals surface area contributed by atoms with Gasteiger partial charge in [0.1, 0.15) is 5.75 Å². The van der Waals surface area contributed by atoms with Gasteiger partial charge in [0, 0.05) is 36.4 Å². The Balaban J connectivity index is 1.54. The molecule has 0 aliphatic rings. The highest BCUT2D eigenvalue weighted by molar-refractivity contribution is 6.32. The van der Waals surface area contributed by atoms with Gasteiger partial charge in [-0.05, 0) is 60.0 Å². The van der Waals surface area contributed by atoms with Gasteiger partial charge in [0.15, 0.2) is 0 Å². The van der Waals surface area contributed by atoms with Crippen LogP contribution in [0.15, 0.2) is 67.0 Å². The number of ether oxygens (including phenoxy) is 1. The van der Waals surface area contributed by atoms with Crippen LogP contribution in [-0.2, 0) is 24.3 Å². The number of carbonyl (C=O) groups is 1. The Morgan fingerprint density at radius 1 is 1.11 bits per heavy atom. The first kappa shape index (κ1) is 24.0. The van der Waals surface area contributed by atoms with E-state index in [9.17, 15) is 10.1 Å². The average Bonchev–Trinajstić information content (AvgIpc) is 2.90. The minimum Gasteiger partial charge on any atom is -0.495 e. The number of carbonyl (C=O) groups excluding carboxylic acids is 1. The zero-order valence-electron chi connectivity index (χ0n) is 19.2. The molecule has 0 saturated carbocycles. The van der Waals surface area contributed by atoms with E-state index in [2.05, 4.69) is 26.7 Å². The Morgan fingerprint density at radius 2 is 2.00 bits per heavy atom. The highest BCUT2D eigenvalue weighted by Crippen LogP contribution is 2.30. The molecule has 8 heteroatoms. The van der Waals surface area contributed by atoms with E-state index in [1.54, 1.807) is 25.6 Å². The van der Waals surface area contributed by atoms with Crippen molar-refractivity contribution in [2.45, 2.75) is 25.9 Å². The van der Waals surface area contributed by atoms with Crippen molar-refractivity contribution in [1.29, 1.82) is 5.26 Å². The van der Waals surface area contributed by atoms with Crippen molar-refractivity contribution < 1.29 is 9.53 Å². The molecule has 0 spiro atoms. The van der Waals surface area contributed by atoms with Gasteiger partial charge in [0.25, 0.3) is 0 Å². The molecule has 176 valence electrons. The predicted molar refractivity (Wildman–Crippen MR) is 136 cm³/mol. The molecule has 1 amide bonds. The van der Waals surface area contributed by atoms with Crippen LogP contribution >= 0.6 is 11.6 Å². The SMILES string of the molecule is COc1ccc(CNc2c(CCC(=O)NCc3ccccn3)cnc3ccc(C#N)cc23)cc1Cl. The normalized spacial score (nSPS) is 10.5. The lowest BCUT2D eigenvalue weighted by Crippen LogP contribution is -2.23. The number of nitriles is 1. The second kappa shape index (κ2) is 11.3. The number of pyridine rings is 2. The second-order valence-corrected chi connectivity index (χ2v) is 8.33. The number of rotatable bonds is 9. The summed E-state index contributed by atoms with van der Waals surface area (Å²) in [4.78, 5) is 21.3. The number of hydrogen-bond acceptors (Lipinski definition) is 6. The largest absolute Gasteiger partial charge is 0.495 e. The van der Waals surface area contributed by atoms with Crippen LogP contribution in [0.3, 0.4) is 0 Å². The van der Waals surface area contributed by atoms with Crippen molar-refractivity contribution in [2.24, 2.45) is 0 Å². The zero-order chi connectivity index (χ0) is 24.6. The number of nitrogens with zero attached hydrogens (tertiary/aromatic N) is 3. The number of benzene rings is 2. The number of hydrogen-bond donors (Lipinski definition) is 2. The highest BCUT2D eigenvalue weighted by atomic mass is 35.5. The second-order valence-electron chi connectivity index (χ2n) is 7.92. The standard InChI is InChI=1S/C27H24ClN5O2/c1-35-25-9-6-19(13-23(25)28)15-33-27-20(16-31-24-8-5-18(14-29)12-22(24)27)7-10-26(34)32-17-21-4-2-3-11-30-21/h2-6,8-9,11-13,16H,7,10,15,17H2,1H3,(H,31,33)(H,32,34). The van der Waals surface area contributed by atoms with Crippen molar-refractivity contribution in [3.63, 3.8) is 0 Å². The number of methoxy groups -OCH3 is 1. The maximum atomic E-state index is 12.5. The lowest BCUT2D eigenvalue weighted by molar-refractivity contribution is -0.121. The maximum absolute atomic E-state index is 12.5. The van der Waals surface area contributed by atoms with Crippen LogP contribution < -0.4 is 15.4 Å². The molecular weight excluding hydrogens is 462 g/mol. The zero-order valence-corrected chi connectivity index (χ0v) is 20.0. The molecule has 0 radical (unpaired) electrons. The number of amides is 1. The van der Waals surface area contributed by atoms with Gasteiger partial charge in [-0.25, -0.2) is 0 Å². The van der Waals surface area contributed by atoms with Gasteiger partial charge in [-0.3, -0.25) is 14.8 Å². The molecule has 0 fully saturated rings. The topological polar surface area (TPSA) is 99.9 Å². The summed E-state index contributed by atoms with van der Waals surface area (Å²) in [5.41, 5.74) is 4.81. The van der Waals surface area contributed by atoms with Crippen LogP contribution in [0.5, 0.6) is 5.75 Å². The number of fused-ring (bicyclic) bond motifs is 1. The maximum Gasteiger partial charge on any atom is 0.220 e. The predicted octanol–water partition coefficient (Wildman–Crippen LogP) is 5.02. The van der Waals surface area contributed by atoms with Crippen molar-refractivity contribution in [3.8, 4) is 11.8 Å². The third-order valence-electron chi connectivity index (χ3n) is 5.58. The third-order valence-corrected chi connectivity index (χ3v) is 5.87. The number of aromatic nitrogens is 2. The lowest BCUT2D eigenvalue weighted by Gasteiger charge is -2.16. The molecule has 0 aliphatic heterocycles. The minimum atomic E-state index is -0.0746. The number of aryl methyl sites for hydroxylation is 1. The molecule has 0 saturated heterocycles. The van der Waals surface area contributed by atoms with Crippen molar-refractivity contribution >= 4 is 34.1 Å². The van der Waals surface area contributed by atoms with Gasteiger partial charge >= 0.3 is 0 Å². The van der Waals surface area contributed by atoms with Crippen LogP contribution in [-0.4, -0.2) is 23.0 Å². The van der Waals surface area contributed by atoms with E-state index in [4.69, 9.17) is 16.3 Å². The van der Waals surface area contributed by atoms with Gasteiger partial charge in [-0.15, -0.1) is 0 Å². The van der Waals surface area contributed by atoms with Gasteiger partial charge < -0.3 is 15.4 Å². The summed E-state index contributed by atoms with van der Waals surface area (Å²) >= 11 is 6.29. The van der Waals surface area contributed by atoms with E-state index >= 15 is 0 Å². The molecular formula is C27H24ClN5O2. The molecule has 4 aromatic rings. The van der Waals surface area contributed by atoms with E-state index in [1.165, 1.54) is 0 Å². The van der Waals surface area contributed by atoms with Crippen molar-refractivity contribution in [3.05, 3.63) is 94.4 Å². The molecule has 0 bridgehead atoms. The quantitative estimate of drug-likeness (QED) is 0.345. The van der Waals surface area contributed by atoms with Crippen LogP contribution in [0.25, 0.3) is 10.9 Å². The summed E-state index contributed by atoms with van der Waals surface area (Å²) in [5.74, 6) is 0.537. The molecule has 0 aliphatic carbocycles. The summed E-state index contributed by atoms with van der Waals surface area (Å²) in [7, 11) is 1.58. The third kappa shape index (κ3) is 6.05. The number of anilines is 1. The van der Waals surface area contributed by atoms with E-state index in [0.29, 0.717) is 42.3 Å². The van der Waals surface area contributed by atoms with Crippen LogP contribution in [0, 0.1) is 11.3 Å². The van der Waals surface area contributed by atoms with Crippen LogP contribution in [0.2, 0.25) is 5.02 Å². The van der Waals surface area contributed by atoms with Gasteiger partial charge in [0.2, 0.25) is 5.91 Å². The van der Waals surface area contributed by atoms with Gasteiger partial charge in [-0.2, -0.15) is 5.26 Å². The Labute approximate surface area is 208 Å². The molecule has 0 atom stereocenters. The van der Waals surface area contributed by atoms with Crippen LogP contribution in [0.1, 0.15) is 28.8 Å². The van der Waals surface area contributed by atoms with Crippen LogP contribution in [0.4, 0.5) is 5.69 Å². The van der Waals surface area contributed by atoms with E-state index in [0.717, 1.165) is 33.4 Å². The smallest absolute Gasteiger partial charge is 0.220 e. The van der Waals surface area contributed by atoms with Crippen molar-refractivity contribution in [2.75, 3.05) is 12.4 Å². The monoisotopic (exact) mass is 485 g/mol. The fourth-order valence-electron chi connectivity index (χ4n) is 3.74. The fraction of sp³-hybridized carbons (Fsp3) is 0.185. The molecule has 2 heterocycles. The molecule has 2 aromatic heterocycles. The summed E-state index contributed by atoms with van der Waals surface area (Å²) in [6, 6.07) is 18.8. The Bertz CT molecular complexity index is 1390. The van der Waals surface area contributed by atoms with Gasteiger partial charge in [0.05, 0.1) is 41.5 Å². The van der Waals surface area contributed by atoms with E-state index < -0.39 is 0 Å². The summed E-state index contributed by atoms with van der Waals surface area (Å²) in [6.07, 6.45) is 4.26. The number of halogens is 1. The Kier molecular flexibility index (Phi) is 7.76. The summed E-state index contributed by atoms with van der Waals surface area (Å²) in [5, 5.41) is 17.1. The fourth-order valence-corrected chi connectivity index (χ4v) is 4.02.